The quantitative estimate of drug-likeness (QED) is 0.473. The monoisotopic (exact) mass is 492 g/mol. The molecule has 1 atom stereocenters. The maximum Gasteiger partial charge on any atom is 0.416 e. The van der Waals surface area contributed by atoms with E-state index in [1.165, 1.54) is 12.1 Å². The lowest BCUT2D eigenvalue weighted by Gasteiger charge is -2.40. The molecule has 4 rings (SSSR count). The summed E-state index contributed by atoms with van der Waals surface area (Å²) in [5.41, 5.74) is 2.28. The first-order chi connectivity index (χ1) is 16.5. The predicted molar refractivity (Wildman–Crippen MR) is 129 cm³/mol. The maximum absolute atomic E-state index is 13.3. The molecule has 0 amide bonds. The number of piperidine rings is 1. The van der Waals surface area contributed by atoms with Crippen molar-refractivity contribution in [3.63, 3.8) is 0 Å². The normalized spacial score (nSPS) is 23.7. The number of anilines is 1. The van der Waals surface area contributed by atoms with Crippen molar-refractivity contribution in [2.24, 2.45) is 0 Å². The van der Waals surface area contributed by atoms with Crippen molar-refractivity contribution in [3.05, 3.63) is 52.1 Å². The van der Waals surface area contributed by atoms with Crippen LogP contribution in [0.5, 0.6) is 0 Å². The fraction of sp³-hybridized carbons (Fsp3) is 0.593. The van der Waals surface area contributed by atoms with Crippen LogP contribution in [0.4, 0.5) is 18.9 Å². The van der Waals surface area contributed by atoms with Crippen LogP contribution < -0.4 is 4.90 Å². The topological polar surface area (TPSA) is 53.0 Å². The van der Waals surface area contributed by atoms with E-state index in [-0.39, 0.29) is 5.97 Å². The van der Waals surface area contributed by atoms with E-state index >= 15 is 0 Å². The van der Waals surface area contributed by atoms with Crippen LogP contribution in [-0.2, 0) is 15.7 Å². The van der Waals surface area contributed by atoms with Gasteiger partial charge in [-0.15, -0.1) is 0 Å². The molecule has 2 saturated heterocycles. The summed E-state index contributed by atoms with van der Waals surface area (Å²) in [6.45, 7) is 9.46. The molecule has 3 heterocycles. The number of aryl methyl sites for hydroxylation is 1. The fourth-order valence-electron chi connectivity index (χ4n) is 5.71. The Morgan fingerprint density at radius 1 is 1.14 bits per heavy atom. The first kappa shape index (κ1) is 25.8. The van der Waals surface area contributed by atoms with Gasteiger partial charge in [-0.25, -0.2) is 4.79 Å². The molecular weight excluding hydrogens is 457 g/mol. The Bertz CT molecular complexity index is 1020. The number of ether oxygens (including phenoxy) is 1. The van der Waals surface area contributed by atoms with Gasteiger partial charge in [0.05, 0.1) is 11.7 Å². The number of aliphatic hydroxyl groups is 1. The molecule has 0 radical (unpaired) electrons. The first-order valence-electron chi connectivity index (χ1n) is 12.5. The Kier molecular flexibility index (Phi) is 7.34. The molecule has 1 aromatic rings. The molecule has 3 aliphatic rings. The molecule has 35 heavy (non-hydrogen) atoms. The summed E-state index contributed by atoms with van der Waals surface area (Å²) in [5, 5.41) is 11.3. The molecule has 8 heteroatoms. The number of esters is 1. The van der Waals surface area contributed by atoms with Gasteiger partial charge in [-0.3, -0.25) is 0 Å². The van der Waals surface area contributed by atoms with E-state index in [1.54, 1.807) is 6.92 Å². The predicted octanol–water partition coefficient (Wildman–Crippen LogP) is 5.02. The first-order valence-corrected chi connectivity index (χ1v) is 12.5. The number of alkyl halides is 3. The minimum atomic E-state index is -4.38. The highest BCUT2D eigenvalue weighted by Gasteiger charge is 2.49. The third-order valence-corrected chi connectivity index (χ3v) is 7.80. The second-order valence-corrected chi connectivity index (χ2v) is 9.97. The molecule has 1 N–H and O–H groups in total. The minimum Gasteiger partial charge on any atom is -0.451 e. The lowest BCUT2D eigenvalue weighted by atomic mass is 9.80. The fourth-order valence-corrected chi connectivity index (χ4v) is 5.71. The highest BCUT2D eigenvalue weighted by Crippen LogP contribution is 2.43. The second-order valence-electron chi connectivity index (χ2n) is 9.97. The van der Waals surface area contributed by atoms with Gasteiger partial charge in [0, 0.05) is 55.9 Å². The van der Waals surface area contributed by atoms with Crippen LogP contribution in [-0.4, -0.2) is 60.4 Å². The molecule has 1 aromatic carbocycles. The van der Waals surface area contributed by atoms with Crippen molar-refractivity contribution in [3.8, 4) is 0 Å². The van der Waals surface area contributed by atoms with Crippen LogP contribution in [0.2, 0.25) is 0 Å². The molecule has 192 valence electrons. The van der Waals surface area contributed by atoms with Crippen LogP contribution >= 0.6 is 0 Å². The number of aliphatic hydroxyl groups excluding tert-OH is 1. The van der Waals surface area contributed by atoms with Crippen molar-refractivity contribution in [2.75, 3.05) is 37.6 Å². The van der Waals surface area contributed by atoms with Crippen LogP contribution in [0.15, 0.2) is 41.0 Å². The number of halogens is 3. The zero-order valence-electron chi connectivity index (χ0n) is 20.7. The molecule has 0 aromatic heterocycles. The largest absolute Gasteiger partial charge is 0.451 e. The maximum atomic E-state index is 13.3. The van der Waals surface area contributed by atoms with Gasteiger partial charge in [-0.1, -0.05) is 24.6 Å². The second kappa shape index (κ2) is 9.97. The molecule has 1 spiro atoms. The molecule has 0 aliphatic carbocycles. The van der Waals surface area contributed by atoms with E-state index in [1.807, 2.05) is 17.9 Å². The van der Waals surface area contributed by atoms with E-state index in [0.29, 0.717) is 49.2 Å². The third-order valence-electron chi connectivity index (χ3n) is 7.80. The smallest absolute Gasteiger partial charge is 0.416 e. The highest BCUT2D eigenvalue weighted by molar-refractivity contribution is 5.93. The van der Waals surface area contributed by atoms with Crippen molar-refractivity contribution in [2.45, 2.75) is 70.8 Å². The van der Waals surface area contributed by atoms with E-state index in [9.17, 15) is 23.1 Å². The van der Waals surface area contributed by atoms with Gasteiger partial charge in [0.25, 0.3) is 0 Å². The number of likely N-dealkylation sites (tertiary alicyclic amines) is 1. The van der Waals surface area contributed by atoms with Crippen molar-refractivity contribution < 1.29 is 27.8 Å². The lowest BCUT2D eigenvalue weighted by Crippen LogP contribution is -2.47. The van der Waals surface area contributed by atoms with E-state index in [4.69, 9.17) is 4.74 Å². The number of benzene rings is 1. The Hall–Kier alpha value is -2.32. The highest BCUT2D eigenvalue weighted by atomic mass is 19.4. The number of nitrogens with zero attached hydrogens (tertiary/aromatic N) is 2. The zero-order valence-corrected chi connectivity index (χ0v) is 20.7. The van der Waals surface area contributed by atoms with Gasteiger partial charge in [0.15, 0.2) is 0 Å². The summed E-state index contributed by atoms with van der Waals surface area (Å²) < 4.78 is 45.6. The lowest BCUT2D eigenvalue weighted by molar-refractivity contribution is -0.150. The Morgan fingerprint density at radius 3 is 2.51 bits per heavy atom. The summed E-state index contributed by atoms with van der Waals surface area (Å²) in [5.74, 6) is -0.352. The van der Waals surface area contributed by atoms with Gasteiger partial charge >= 0.3 is 12.1 Å². The van der Waals surface area contributed by atoms with Crippen LogP contribution in [0.1, 0.15) is 57.1 Å². The number of rotatable bonds is 4. The van der Waals surface area contributed by atoms with Gasteiger partial charge in [0.1, 0.15) is 5.60 Å². The molecule has 0 bridgehead atoms. The van der Waals surface area contributed by atoms with Gasteiger partial charge in [-0.05, 0) is 57.4 Å². The molecular formula is C27H35F3N2O3. The third kappa shape index (κ3) is 5.28. The van der Waals surface area contributed by atoms with Crippen LogP contribution in [0.3, 0.4) is 0 Å². The number of hydrogen-bond donors (Lipinski definition) is 1. The summed E-state index contributed by atoms with van der Waals surface area (Å²) in [7, 11) is 0. The zero-order chi connectivity index (χ0) is 25.4. The van der Waals surface area contributed by atoms with Crippen molar-refractivity contribution in [1.82, 2.24) is 4.90 Å². The van der Waals surface area contributed by atoms with E-state index < -0.39 is 23.4 Å². The van der Waals surface area contributed by atoms with Crippen molar-refractivity contribution >= 4 is 11.7 Å². The summed E-state index contributed by atoms with van der Waals surface area (Å²) in [4.78, 5) is 16.8. The summed E-state index contributed by atoms with van der Waals surface area (Å²) in [6, 6.07) is 3.89. The Labute approximate surface area is 205 Å². The number of hydrogen-bond acceptors (Lipinski definition) is 5. The molecule has 0 saturated carbocycles. The van der Waals surface area contributed by atoms with Gasteiger partial charge in [-0.2, -0.15) is 13.2 Å². The summed E-state index contributed by atoms with van der Waals surface area (Å²) in [6.07, 6.45) is 0.0681. The molecule has 5 nitrogen and oxygen atoms in total. The average Bonchev–Trinajstić information content (AvgIpc) is 2.94. The Morgan fingerprint density at radius 2 is 1.86 bits per heavy atom. The summed E-state index contributed by atoms with van der Waals surface area (Å²) >= 11 is 0. The SMILES string of the molecule is CCN1CCC2(CC1)OC(=O)C(C)=C2[C@H](O)/C=C1/CCCN(c2cc(C(F)(F)F)ccc2C)CC1. The van der Waals surface area contributed by atoms with Crippen LogP contribution in [0, 0.1) is 6.92 Å². The Balaban J connectivity index is 1.51. The average molecular weight is 493 g/mol. The van der Waals surface area contributed by atoms with E-state index in [2.05, 4.69) is 11.8 Å². The molecule has 0 unspecified atom stereocenters. The van der Waals surface area contributed by atoms with Crippen molar-refractivity contribution in [1.29, 1.82) is 0 Å². The van der Waals surface area contributed by atoms with Gasteiger partial charge < -0.3 is 19.6 Å². The minimum absolute atomic E-state index is 0.352. The number of carbonyl (C=O) groups excluding carboxylic acids is 1. The number of carbonyl (C=O) groups is 1. The van der Waals surface area contributed by atoms with Gasteiger partial charge in [0.2, 0.25) is 0 Å². The standard InChI is InChI=1S/C27H35F3N2O3/c1-4-31-14-10-26(11-15-31)24(19(3)25(34)35-26)23(33)16-20-6-5-12-32(13-9-20)22-17-21(27(28,29)30)8-7-18(22)2/h7-8,16-17,23,33H,4-6,9-15H2,1-3H3/b20-16-/t23-/m1/s1. The van der Waals surface area contributed by atoms with Crippen LogP contribution in [0.25, 0.3) is 0 Å². The molecule has 2 fully saturated rings. The molecule has 3 aliphatic heterocycles. The van der Waals surface area contributed by atoms with E-state index in [0.717, 1.165) is 49.7 Å².